The van der Waals surface area contributed by atoms with Crippen molar-refractivity contribution >= 4 is 21.9 Å². The predicted molar refractivity (Wildman–Crippen MR) is 58.7 cm³/mol. The summed E-state index contributed by atoms with van der Waals surface area (Å²) in [6.45, 7) is -1.01. The number of hydrogen-bond donors (Lipinski definition) is 2. The Balaban J connectivity index is 2.78. The first-order valence-electron chi connectivity index (χ1n) is 4.62. The predicted octanol–water partition coefficient (Wildman–Crippen LogP) is 2.45. The fraction of sp³-hybridized carbons (Fsp3) is 0.300. The van der Waals surface area contributed by atoms with Gasteiger partial charge in [0.25, 0.3) is 0 Å². The van der Waals surface area contributed by atoms with Crippen LogP contribution >= 0.6 is 15.9 Å². The average Bonchev–Trinajstić information content (AvgIpc) is 2.25. The van der Waals surface area contributed by atoms with Crippen LogP contribution in [0, 0.1) is 0 Å². The van der Waals surface area contributed by atoms with Crippen molar-refractivity contribution in [1.29, 1.82) is 0 Å². The van der Waals surface area contributed by atoms with Crippen molar-refractivity contribution in [2.45, 2.75) is 12.3 Å². The van der Waals surface area contributed by atoms with Gasteiger partial charge in [-0.3, -0.25) is 0 Å². The molecule has 0 aromatic heterocycles. The van der Waals surface area contributed by atoms with Gasteiger partial charge in [-0.25, -0.2) is 4.79 Å². The Morgan fingerprint density at radius 2 is 2.06 bits per heavy atom. The van der Waals surface area contributed by atoms with E-state index in [0.29, 0.717) is 4.47 Å². The largest absolute Gasteiger partial charge is 0.489 e. The molecule has 2 N–H and O–H groups in total. The van der Waals surface area contributed by atoms with E-state index in [4.69, 9.17) is 14.9 Å². The summed E-state index contributed by atoms with van der Waals surface area (Å²) in [5.41, 5.74) is -0.130. The standard InChI is InChI=1S/C10H8BrF3O4/c11-6-2-1-5(9(16)17)3-7(6)18-4-8(15)10(12,13)14/h1-3,8,15H,4H2,(H,16,17). The second-order valence-electron chi connectivity index (χ2n) is 3.32. The molecule has 0 saturated carbocycles. The summed E-state index contributed by atoms with van der Waals surface area (Å²) < 4.78 is 41.1. The molecule has 4 nitrogen and oxygen atoms in total. The minimum absolute atomic E-state index is 0.0850. The molecule has 1 aromatic rings. The zero-order valence-electron chi connectivity index (χ0n) is 8.74. The molecule has 0 radical (unpaired) electrons. The van der Waals surface area contributed by atoms with Crippen molar-refractivity contribution in [3.05, 3.63) is 28.2 Å². The molecule has 1 unspecified atom stereocenters. The number of hydrogen-bond acceptors (Lipinski definition) is 3. The van der Waals surface area contributed by atoms with Crippen LogP contribution in [0.5, 0.6) is 5.75 Å². The second-order valence-corrected chi connectivity index (χ2v) is 4.17. The highest BCUT2D eigenvalue weighted by Crippen LogP contribution is 2.27. The highest BCUT2D eigenvalue weighted by Gasteiger charge is 2.38. The molecular formula is C10H8BrF3O4. The SMILES string of the molecule is O=C(O)c1ccc(Br)c(OCC(O)C(F)(F)F)c1. The third-order valence-corrected chi connectivity index (χ3v) is 2.61. The number of aliphatic hydroxyl groups excluding tert-OH is 1. The normalized spacial score (nSPS) is 13.2. The van der Waals surface area contributed by atoms with E-state index >= 15 is 0 Å². The summed E-state index contributed by atoms with van der Waals surface area (Å²) in [7, 11) is 0. The molecule has 1 rings (SSSR count). The summed E-state index contributed by atoms with van der Waals surface area (Å²) in [5.74, 6) is -1.32. The lowest BCUT2D eigenvalue weighted by molar-refractivity contribution is -0.210. The van der Waals surface area contributed by atoms with Crippen LogP contribution in [-0.4, -0.2) is 35.1 Å². The molecule has 1 atom stereocenters. The van der Waals surface area contributed by atoms with Crippen LogP contribution in [0.2, 0.25) is 0 Å². The lowest BCUT2D eigenvalue weighted by Gasteiger charge is -2.16. The summed E-state index contributed by atoms with van der Waals surface area (Å²) in [5, 5.41) is 17.4. The quantitative estimate of drug-likeness (QED) is 0.891. The van der Waals surface area contributed by atoms with Gasteiger partial charge in [0, 0.05) is 0 Å². The zero-order chi connectivity index (χ0) is 13.9. The van der Waals surface area contributed by atoms with Gasteiger partial charge in [0.15, 0.2) is 6.10 Å². The molecular weight excluding hydrogens is 321 g/mol. The van der Waals surface area contributed by atoms with Gasteiger partial charge < -0.3 is 14.9 Å². The van der Waals surface area contributed by atoms with E-state index in [1.54, 1.807) is 0 Å². The maximum Gasteiger partial charge on any atom is 0.417 e. The van der Waals surface area contributed by atoms with Gasteiger partial charge in [0.2, 0.25) is 0 Å². The van der Waals surface area contributed by atoms with Crippen molar-refractivity contribution in [2.24, 2.45) is 0 Å². The fourth-order valence-corrected chi connectivity index (χ4v) is 1.37. The van der Waals surface area contributed by atoms with E-state index in [2.05, 4.69) is 15.9 Å². The Morgan fingerprint density at radius 1 is 1.44 bits per heavy atom. The third-order valence-electron chi connectivity index (χ3n) is 1.95. The molecule has 0 heterocycles. The van der Waals surface area contributed by atoms with Gasteiger partial charge in [-0.1, -0.05) is 0 Å². The van der Waals surface area contributed by atoms with Gasteiger partial charge >= 0.3 is 12.1 Å². The zero-order valence-corrected chi connectivity index (χ0v) is 10.3. The number of halogens is 4. The molecule has 0 fully saturated rings. The smallest absolute Gasteiger partial charge is 0.417 e. The van der Waals surface area contributed by atoms with Gasteiger partial charge in [0.1, 0.15) is 12.4 Å². The van der Waals surface area contributed by atoms with Crippen LogP contribution in [0.15, 0.2) is 22.7 Å². The number of ether oxygens (including phenoxy) is 1. The molecule has 0 aliphatic rings. The molecule has 8 heteroatoms. The first kappa shape index (κ1) is 14.8. The highest BCUT2D eigenvalue weighted by atomic mass is 79.9. The molecule has 0 bridgehead atoms. The Bertz CT molecular complexity index is 447. The van der Waals surface area contributed by atoms with E-state index in [9.17, 15) is 18.0 Å². The topological polar surface area (TPSA) is 66.8 Å². The number of benzene rings is 1. The number of aromatic carboxylic acids is 1. The number of carboxylic acid groups (broad SMARTS) is 1. The van der Waals surface area contributed by atoms with Gasteiger partial charge in [-0.2, -0.15) is 13.2 Å². The molecule has 0 spiro atoms. The minimum Gasteiger partial charge on any atom is -0.489 e. The van der Waals surface area contributed by atoms with Crippen molar-refractivity contribution < 1.29 is 32.9 Å². The number of carbonyl (C=O) groups is 1. The molecule has 100 valence electrons. The Labute approximate surface area is 108 Å². The Hall–Kier alpha value is -1.28. The van der Waals surface area contributed by atoms with Crippen molar-refractivity contribution in [3.63, 3.8) is 0 Å². The van der Waals surface area contributed by atoms with E-state index in [1.165, 1.54) is 12.1 Å². The van der Waals surface area contributed by atoms with Crippen LogP contribution in [0.4, 0.5) is 13.2 Å². The lowest BCUT2D eigenvalue weighted by Crippen LogP contribution is -2.34. The number of aliphatic hydroxyl groups is 1. The summed E-state index contributed by atoms with van der Waals surface area (Å²) in [4.78, 5) is 10.7. The van der Waals surface area contributed by atoms with Crippen molar-refractivity contribution in [3.8, 4) is 5.75 Å². The van der Waals surface area contributed by atoms with E-state index in [0.717, 1.165) is 6.07 Å². The molecule has 18 heavy (non-hydrogen) atoms. The van der Waals surface area contributed by atoms with Crippen molar-refractivity contribution in [2.75, 3.05) is 6.61 Å². The van der Waals surface area contributed by atoms with Crippen molar-refractivity contribution in [1.82, 2.24) is 0 Å². The highest BCUT2D eigenvalue weighted by molar-refractivity contribution is 9.10. The maximum absolute atomic E-state index is 12.0. The number of alkyl halides is 3. The Kier molecular flexibility index (Phi) is 4.58. The summed E-state index contributed by atoms with van der Waals surface area (Å²) in [6.07, 6.45) is -7.41. The lowest BCUT2D eigenvalue weighted by atomic mass is 10.2. The maximum atomic E-state index is 12.0. The average molecular weight is 329 g/mol. The summed E-state index contributed by atoms with van der Waals surface area (Å²) in [6, 6.07) is 3.66. The van der Waals surface area contributed by atoms with Crippen LogP contribution in [-0.2, 0) is 0 Å². The second kappa shape index (κ2) is 5.57. The van der Waals surface area contributed by atoms with Crippen LogP contribution in [0.25, 0.3) is 0 Å². The van der Waals surface area contributed by atoms with Crippen LogP contribution in [0.3, 0.4) is 0 Å². The third kappa shape index (κ3) is 3.88. The molecule has 0 amide bonds. The number of carboxylic acids is 1. The fourth-order valence-electron chi connectivity index (χ4n) is 1.01. The molecule has 1 aromatic carbocycles. The van der Waals surface area contributed by atoms with E-state index in [-0.39, 0.29) is 11.3 Å². The summed E-state index contributed by atoms with van der Waals surface area (Å²) >= 11 is 3.00. The monoisotopic (exact) mass is 328 g/mol. The van der Waals surface area contributed by atoms with Gasteiger partial charge in [0.05, 0.1) is 10.0 Å². The van der Waals surface area contributed by atoms with E-state index in [1.807, 2.05) is 0 Å². The van der Waals surface area contributed by atoms with Gasteiger partial charge in [-0.05, 0) is 34.1 Å². The molecule has 0 aliphatic carbocycles. The first-order valence-corrected chi connectivity index (χ1v) is 5.41. The van der Waals surface area contributed by atoms with Gasteiger partial charge in [-0.15, -0.1) is 0 Å². The number of rotatable bonds is 4. The minimum atomic E-state index is -4.78. The first-order chi connectivity index (χ1) is 8.21. The van der Waals surface area contributed by atoms with E-state index < -0.39 is 24.9 Å². The molecule has 0 aliphatic heterocycles. The van der Waals surface area contributed by atoms with Crippen LogP contribution < -0.4 is 4.74 Å². The Morgan fingerprint density at radius 3 is 2.56 bits per heavy atom. The van der Waals surface area contributed by atoms with Crippen LogP contribution in [0.1, 0.15) is 10.4 Å². The molecule has 0 saturated heterocycles.